The quantitative estimate of drug-likeness (QED) is 0.273. The predicted molar refractivity (Wildman–Crippen MR) is 141 cm³/mol. The number of hydrogen-bond donors (Lipinski definition) is 2. The standard InChI is InChI=1S/C28H31F2N3OS/c1-2-3-6-21(15-20-18-31-24-8-5-4-7-23(20)24)32-27(34)26-16-19-9-10-22(17-25(19)35-26)33-13-11-28(29,30)12-14-33/h4-5,7-10,16-18,21,31H,2-3,6,11-15H2,1H3,(H,32,34). The van der Waals surface area contributed by atoms with Gasteiger partial charge in [0.05, 0.1) is 4.88 Å². The van der Waals surface area contributed by atoms with Crippen molar-refractivity contribution in [3.63, 3.8) is 0 Å². The highest BCUT2D eigenvalue weighted by atomic mass is 32.1. The van der Waals surface area contributed by atoms with Gasteiger partial charge < -0.3 is 15.2 Å². The Balaban J connectivity index is 1.31. The molecule has 0 aliphatic carbocycles. The van der Waals surface area contributed by atoms with Crippen LogP contribution in [0.25, 0.3) is 21.0 Å². The summed E-state index contributed by atoms with van der Waals surface area (Å²) < 4.78 is 28.1. The number of nitrogens with zero attached hydrogens (tertiary/aromatic N) is 1. The van der Waals surface area contributed by atoms with Crippen LogP contribution in [0.1, 0.15) is 54.3 Å². The molecule has 1 amide bonds. The molecule has 1 unspecified atom stereocenters. The Bertz CT molecular complexity index is 1320. The number of halogens is 2. The van der Waals surface area contributed by atoms with E-state index >= 15 is 0 Å². The minimum Gasteiger partial charge on any atom is -0.371 e. The first kappa shape index (κ1) is 23.8. The summed E-state index contributed by atoms with van der Waals surface area (Å²) in [6.45, 7) is 2.87. The molecule has 0 saturated carbocycles. The smallest absolute Gasteiger partial charge is 0.261 e. The molecule has 0 radical (unpaired) electrons. The average Bonchev–Trinajstić information content (AvgIpc) is 3.46. The van der Waals surface area contributed by atoms with Gasteiger partial charge in [-0.15, -0.1) is 11.3 Å². The Morgan fingerprint density at radius 1 is 1.17 bits per heavy atom. The van der Waals surface area contributed by atoms with Crippen molar-refractivity contribution in [3.05, 3.63) is 65.2 Å². The van der Waals surface area contributed by atoms with E-state index in [1.807, 2.05) is 47.5 Å². The summed E-state index contributed by atoms with van der Waals surface area (Å²) in [5.41, 5.74) is 3.28. The van der Waals surface area contributed by atoms with Gasteiger partial charge in [0, 0.05) is 59.5 Å². The number of aromatic amines is 1. The molecule has 1 aliphatic rings. The Labute approximate surface area is 208 Å². The summed E-state index contributed by atoms with van der Waals surface area (Å²) in [6, 6.07) is 16.2. The highest BCUT2D eigenvalue weighted by Crippen LogP contribution is 2.34. The fraction of sp³-hybridized carbons (Fsp3) is 0.393. The number of carbonyl (C=O) groups is 1. The van der Waals surface area contributed by atoms with E-state index in [-0.39, 0.29) is 24.8 Å². The third-order valence-electron chi connectivity index (χ3n) is 6.97. The number of unbranched alkanes of at least 4 members (excludes halogenated alkanes) is 1. The van der Waals surface area contributed by atoms with Crippen LogP contribution in [0.2, 0.25) is 0 Å². The maximum atomic E-state index is 13.5. The van der Waals surface area contributed by atoms with Crippen molar-refractivity contribution in [1.29, 1.82) is 0 Å². The molecular weight excluding hydrogens is 464 g/mol. The fourth-order valence-electron chi connectivity index (χ4n) is 4.92. The highest BCUT2D eigenvalue weighted by molar-refractivity contribution is 7.20. The first-order chi connectivity index (χ1) is 16.9. The zero-order valence-electron chi connectivity index (χ0n) is 19.9. The number of carbonyl (C=O) groups excluding carboxylic acids is 1. The average molecular weight is 496 g/mol. The van der Waals surface area contributed by atoms with Gasteiger partial charge in [0.1, 0.15) is 0 Å². The number of amides is 1. The third kappa shape index (κ3) is 5.35. The molecular formula is C28H31F2N3OS. The van der Waals surface area contributed by atoms with Gasteiger partial charge in [0.25, 0.3) is 11.8 Å². The molecule has 4 aromatic rings. The third-order valence-corrected chi connectivity index (χ3v) is 8.07. The number of para-hydroxylation sites is 1. The molecule has 2 aromatic carbocycles. The molecule has 1 fully saturated rings. The van der Waals surface area contributed by atoms with Crippen molar-refractivity contribution in [2.24, 2.45) is 0 Å². The normalized spacial score (nSPS) is 16.6. The van der Waals surface area contributed by atoms with Crippen molar-refractivity contribution in [2.45, 2.75) is 57.4 Å². The number of H-pyrrole nitrogens is 1. The van der Waals surface area contributed by atoms with Crippen LogP contribution in [0.4, 0.5) is 14.5 Å². The Hall–Kier alpha value is -2.93. The van der Waals surface area contributed by atoms with Crippen LogP contribution >= 0.6 is 11.3 Å². The van der Waals surface area contributed by atoms with Gasteiger partial charge in [0.2, 0.25) is 0 Å². The molecule has 1 saturated heterocycles. The molecule has 2 N–H and O–H groups in total. The van der Waals surface area contributed by atoms with Gasteiger partial charge in [-0.2, -0.15) is 0 Å². The molecule has 1 aliphatic heterocycles. The Kier molecular flexibility index (Phi) is 6.78. The summed E-state index contributed by atoms with van der Waals surface area (Å²) in [5.74, 6) is -2.61. The van der Waals surface area contributed by atoms with Crippen LogP contribution in [-0.2, 0) is 6.42 Å². The number of piperidine rings is 1. The molecule has 4 nitrogen and oxygen atoms in total. The van der Waals surface area contributed by atoms with E-state index in [4.69, 9.17) is 0 Å². The van der Waals surface area contributed by atoms with E-state index in [1.54, 1.807) is 0 Å². The van der Waals surface area contributed by atoms with Crippen molar-refractivity contribution < 1.29 is 13.6 Å². The number of alkyl halides is 2. The zero-order chi connectivity index (χ0) is 24.4. The lowest BCUT2D eigenvalue weighted by molar-refractivity contribution is -0.0220. The number of hydrogen-bond acceptors (Lipinski definition) is 3. The summed E-state index contributed by atoms with van der Waals surface area (Å²) in [6.07, 6.45) is 5.66. The summed E-state index contributed by atoms with van der Waals surface area (Å²) >= 11 is 1.47. The number of aromatic nitrogens is 1. The molecule has 35 heavy (non-hydrogen) atoms. The van der Waals surface area contributed by atoms with Gasteiger partial charge >= 0.3 is 0 Å². The first-order valence-corrected chi connectivity index (χ1v) is 13.3. The maximum absolute atomic E-state index is 13.5. The molecule has 3 heterocycles. The van der Waals surface area contributed by atoms with Crippen LogP contribution in [-0.4, -0.2) is 35.9 Å². The van der Waals surface area contributed by atoms with Crippen LogP contribution in [0, 0.1) is 0 Å². The summed E-state index contributed by atoms with van der Waals surface area (Å²) in [4.78, 5) is 19.3. The lowest BCUT2D eigenvalue weighted by Crippen LogP contribution is -2.39. The maximum Gasteiger partial charge on any atom is 0.261 e. The second-order valence-corrected chi connectivity index (χ2v) is 10.6. The van der Waals surface area contributed by atoms with Gasteiger partial charge in [-0.05, 0) is 48.1 Å². The summed E-state index contributed by atoms with van der Waals surface area (Å²) in [7, 11) is 0. The van der Waals surface area contributed by atoms with E-state index in [9.17, 15) is 13.6 Å². The lowest BCUT2D eigenvalue weighted by Gasteiger charge is -2.33. The molecule has 7 heteroatoms. The van der Waals surface area contributed by atoms with Gasteiger partial charge in [-0.1, -0.05) is 44.0 Å². The highest BCUT2D eigenvalue weighted by Gasteiger charge is 2.34. The molecule has 5 rings (SSSR count). The van der Waals surface area contributed by atoms with Crippen LogP contribution in [0.15, 0.2) is 54.7 Å². The second-order valence-electron chi connectivity index (χ2n) is 9.55. The molecule has 2 aromatic heterocycles. The van der Waals surface area contributed by atoms with Crippen LogP contribution in [0.3, 0.4) is 0 Å². The predicted octanol–water partition coefficient (Wildman–Crippen LogP) is 7.15. The molecule has 0 bridgehead atoms. The van der Waals surface area contributed by atoms with E-state index in [1.165, 1.54) is 22.3 Å². The minimum atomic E-state index is -2.56. The van der Waals surface area contributed by atoms with Gasteiger partial charge in [-0.25, -0.2) is 8.78 Å². The number of fused-ring (bicyclic) bond motifs is 2. The molecule has 0 spiro atoms. The minimum absolute atomic E-state index is 0.0497. The monoisotopic (exact) mass is 495 g/mol. The number of benzene rings is 2. The van der Waals surface area contributed by atoms with E-state index < -0.39 is 5.92 Å². The number of anilines is 1. The van der Waals surface area contributed by atoms with Gasteiger partial charge in [0.15, 0.2) is 0 Å². The molecule has 184 valence electrons. The molecule has 1 atom stereocenters. The van der Waals surface area contributed by atoms with Crippen molar-refractivity contribution in [3.8, 4) is 0 Å². The van der Waals surface area contributed by atoms with E-state index in [0.29, 0.717) is 18.0 Å². The van der Waals surface area contributed by atoms with Crippen molar-refractivity contribution >= 4 is 43.9 Å². The Morgan fingerprint density at radius 2 is 1.97 bits per heavy atom. The topological polar surface area (TPSA) is 48.1 Å². The SMILES string of the molecule is CCCCC(Cc1c[nH]c2ccccc12)NC(=O)c1cc2ccc(N3CCC(F)(F)CC3)cc2s1. The summed E-state index contributed by atoms with van der Waals surface area (Å²) in [5, 5.41) is 5.49. The first-order valence-electron chi connectivity index (χ1n) is 12.4. The second kappa shape index (κ2) is 9.97. The lowest BCUT2D eigenvalue weighted by atomic mass is 10.0. The number of nitrogens with one attached hydrogen (secondary N) is 2. The van der Waals surface area contributed by atoms with Gasteiger partial charge in [-0.3, -0.25) is 4.79 Å². The zero-order valence-corrected chi connectivity index (χ0v) is 20.8. The fourth-order valence-corrected chi connectivity index (χ4v) is 5.92. The number of thiophene rings is 1. The van der Waals surface area contributed by atoms with E-state index in [0.717, 1.165) is 47.0 Å². The van der Waals surface area contributed by atoms with E-state index in [2.05, 4.69) is 29.4 Å². The number of rotatable bonds is 8. The largest absolute Gasteiger partial charge is 0.371 e. The van der Waals surface area contributed by atoms with Crippen LogP contribution < -0.4 is 10.2 Å². The Morgan fingerprint density at radius 3 is 2.77 bits per heavy atom. The van der Waals surface area contributed by atoms with Crippen molar-refractivity contribution in [1.82, 2.24) is 10.3 Å². The van der Waals surface area contributed by atoms with Crippen LogP contribution in [0.5, 0.6) is 0 Å². The van der Waals surface area contributed by atoms with Crippen molar-refractivity contribution in [2.75, 3.05) is 18.0 Å².